The summed E-state index contributed by atoms with van der Waals surface area (Å²) in [6, 6.07) is 2.21. The van der Waals surface area contributed by atoms with Crippen molar-refractivity contribution in [2.75, 3.05) is 13.2 Å². The molecule has 5 nitrogen and oxygen atoms in total. The molecular formula is C9H11NO4. The first-order valence-electron chi connectivity index (χ1n) is 4.00. The predicted octanol–water partition coefficient (Wildman–Crippen LogP) is 0.215. The van der Waals surface area contributed by atoms with E-state index in [9.17, 15) is 5.11 Å². The van der Waals surface area contributed by atoms with Crippen LogP contribution in [0.5, 0.6) is 17.2 Å². The van der Waals surface area contributed by atoms with Gasteiger partial charge in [0.15, 0.2) is 11.5 Å². The zero-order valence-electron chi connectivity index (χ0n) is 7.38. The SMILES string of the molecule is OCC/N=C/c1cc(O)c(O)cc1O. The number of aromatic hydroxyl groups is 3. The molecule has 0 aliphatic carbocycles. The van der Waals surface area contributed by atoms with Gasteiger partial charge in [0.25, 0.3) is 0 Å². The fourth-order valence-electron chi connectivity index (χ4n) is 0.906. The first-order valence-corrected chi connectivity index (χ1v) is 4.00. The second-order valence-corrected chi connectivity index (χ2v) is 2.66. The van der Waals surface area contributed by atoms with Gasteiger partial charge in [0.05, 0.1) is 13.2 Å². The Hall–Kier alpha value is -1.75. The van der Waals surface area contributed by atoms with Crippen molar-refractivity contribution in [1.82, 2.24) is 0 Å². The zero-order chi connectivity index (χ0) is 10.6. The van der Waals surface area contributed by atoms with E-state index in [-0.39, 0.29) is 36.0 Å². The summed E-state index contributed by atoms with van der Waals surface area (Å²) >= 11 is 0. The van der Waals surface area contributed by atoms with Gasteiger partial charge in [-0.05, 0) is 6.07 Å². The van der Waals surface area contributed by atoms with Gasteiger partial charge < -0.3 is 20.4 Å². The maximum Gasteiger partial charge on any atom is 0.161 e. The smallest absolute Gasteiger partial charge is 0.161 e. The molecule has 0 bridgehead atoms. The molecule has 0 saturated carbocycles. The van der Waals surface area contributed by atoms with Crippen molar-refractivity contribution >= 4 is 6.21 Å². The molecule has 0 atom stereocenters. The molecule has 0 heterocycles. The number of hydrogen-bond acceptors (Lipinski definition) is 5. The molecule has 14 heavy (non-hydrogen) atoms. The van der Waals surface area contributed by atoms with Gasteiger partial charge in [-0.1, -0.05) is 0 Å². The van der Waals surface area contributed by atoms with Crippen LogP contribution in [-0.2, 0) is 0 Å². The summed E-state index contributed by atoms with van der Waals surface area (Å²) in [5, 5.41) is 35.8. The third-order valence-corrected chi connectivity index (χ3v) is 1.58. The van der Waals surface area contributed by atoms with Crippen LogP contribution in [0.4, 0.5) is 0 Å². The van der Waals surface area contributed by atoms with Crippen LogP contribution in [-0.4, -0.2) is 39.8 Å². The van der Waals surface area contributed by atoms with Crippen LogP contribution < -0.4 is 0 Å². The molecule has 0 radical (unpaired) electrons. The van der Waals surface area contributed by atoms with Crippen LogP contribution in [0.2, 0.25) is 0 Å². The summed E-state index contributed by atoms with van der Waals surface area (Å²) in [6.45, 7) is 0.141. The minimum absolute atomic E-state index is 0.0820. The number of hydrogen-bond donors (Lipinski definition) is 4. The highest BCUT2D eigenvalue weighted by Gasteiger charge is 2.05. The van der Waals surface area contributed by atoms with Crippen molar-refractivity contribution < 1.29 is 20.4 Å². The Morgan fingerprint density at radius 3 is 2.36 bits per heavy atom. The van der Waals surface area contributed by atoms with E-state index < -0.39 is 0 Å². The van der Waals surface area contributed by atoms with Gasteiger partial charge in [0.2, 0.25) is 0 Å². The first kappa shape index (κ1) is 10.3. The van der Waals surface area contributed by atoms with Crippen molar-refractivity contribution in [2.45, 2.75) is 0 Å². The molecule has 0 aromatic heterocycles. The number of benzene rings is 1. The third-order valence-electron chi connectivity index (χ3n) is 1.58. The molecular weight excluding hydrogens is 186 g/mol. The quantitative estimate of drug-likeness (QED) is 0.316. The molecule has 0 fully saturated rings. The van der Waals surface area contributed by atoms with Crippen LogP contribution in [0.15, 0.2) is 17.1 Å². The molecule has 0 amide bonds. The molecule has 0 aliphatic rings. The summed E-state index contributed by atoms with van der Waals surface area (Å²) in [5.74, 6) is -0.892. The molecule has 1 aromatic rings. The highest BCUT2D eigenvalue weighted by molar-refractivity contribution is 5.84. The molecule has 5 heteroatoms. The minimum Gasteiger partial charge on any atom is -0.507 e. The Bertz CT molecular complexity index is 349. The van der Waals surface area contributed by atoms with Gasteiger partial charge >= 0.3 is 0 Å². The molecule has 0 spiro atoms. The van der Waals surface area contributed by atoms with Crippen LogP contribution >= 0.6 is 0 Å². The highest BCUT2D eigenvalue weighted by atomic mass is 16.3. The molecule has 0 unspecified atom stereocenters. The topological polar surface area (TPSA) is 93.3 Å². The van der Waals surface area contributed by atoms with Crippen molar-refractivity contribution in [1.29, 1.82) is 0 Å². The second-order valence-electron chi connectivity index (χ2n) is 2.66. The first-order chi connectivity index (χ1) is 6.65. The molecule has 4 N–H and O–H groups in total. The lowest BCUT2D eigenvalue weighted by Gasteiger charge is -2.01. The summed E-state index contributed by atoms with van der Waals surface area (Å²) in [7, 11) is 0. The molecule has 1 aromatic carbocycles. The summed E-state index contributed by atoms with van der Waals surface area (Å²) in [4.78, 5) is 3.76. The van der Waals surface area contributed by atoms with E-state index in [0.717, 1.165) is 6.07 Å². The monoisotopic (exact) mass is 197 g/mol. The Labute approximate surface area is 80.6 Å². The van der Waals surface area contributed by atoms with Crippen molar-refractivity contribution in [3.63, 3.8) is 0 Å². The van der Waals surface area contributed by atoms with E-state index >= 15 is 0 Å². The second kappa shape index (κ2) is 4.48. The van der Waals surface area contributed by atoms with Crippen LogP contribution in [0.3, 0.4) is 0 Å². The Balaban J connectivity index is 2.92. The van der Waals surface area contributed by atoms with Crippen molar-refractivity contribution in [3.8, 4) is 17.2 Å². The number of nitrogens with zero attached hydrogens (tertiary/aromatic N) is 1. The van der Waals surface area contributed by atoms with E-state index in [1.54, 1.807) is 0 Å². The maximum absolute atomic E-state index is 9.29. The number of rotatable bonds is 3. The van der Waals surface area contributed by atoms with E-state index in [1.807, 2.05) is 0 Å². The van der Waals surface area contributed by atoms with Crippen LogP contribution in [0.25, 0.3) is 0 Å². The van der Waals surface area contributed by atoms with Gasteiger partial charge in [-0.2, -0.15) is 0 Å². The average molecular weight is 197 g/mol. The molecule has 0 saturated heterocycles. The lowest BCUT2D eigenvalue weighted by atomic mass is 10.2. The summed E-state index contributed by atoms with van der Waals surface area (Å²) < 4.78 is 0. The minimum atomic E-state index is -0.387. The van der Waals surface area contributed by atoms with Gasteiger partial charge in [0.1, 0.15) is 5.75 Å². The predicted molar refractivity (Wildman–Crippen MR) is 51.0 cm³/mol. The van der Waals surface area contributed by atoms with E-state index in [2.05, 4.69) is 4.99 Å². The van der Waals surface area contributed by atoms with Crippen molar-refractivity contribution in [3.05, 3.63) is 17.7 Å². The van der Waals surface area contributed by atoms with Crippen LogP contribution in [0, 0.1) is 0 Å². The van der Waals surface area contributed by atoms with Crippen molar-refractivity contribution in [2.24, 2.45) is 4.99 Å². The number of phenolic OH excluding ortho intramolecular Hbond substituents is 3. The van der Waals surface area contributed by atoms with E-state index in [4.69, 9.17) is 15.3 Å². The molecule has 76 valence electrons. The molecule has 1 rings (SSSR count). The number of aliphatic hydroxyl groups excluding tert-OH is 1. The maximum atomic E-state index is 9.29. The largest absolute Gasteiger partial charge is 0.507 e. The van der Waals surface area contributed by atoms with Gasteiger partial charge in [-0.25, -0.2) is 0 Å². The number of aliphatic imine (C=N–C) groups is 1. The Morgan fingerprint density at radius 1 is 1.07 bits per heavy atom. The number of aliphatic hydroxyl groups is 1. The lowest BCUT2D eigenvalue weighted by molar-refractivity contribution is 0.307. The average Bonchev–Trinajstić information content (AvgIpc) is 2.14. The molecule has 0 aliphatic heterocycles. The lowest BCUT2D eigenvalue weighted by Crippen LogP contribution is -1.89. The highest BCUT2D eigenvalue weighted by Crippen LogP contribution is 2.31. The Kier molecular flexibility index (Phi) is 3.30. The van der Waals surface area contributed by atoms with E-state index in [1.165, 1.54) is 12.3 Å². The fraction of sp³-hybridized carbons (Fsp3) is 0.222. The summed E-state index contributed by atoms with van der Waals surface area (Å²) in [6.07, 6.45) is 1.31. The summed E-state index contributed by atoms with van der Waals surface area (Å²) in [5.41, 5.74) is 0.286. The Morgan fingerprint density at radius 2 is 1.71 bits per heavy atom. The van der Waals surface area contributed by atoms with Gasteiger partial charge in [-0.3, -0.25) is 4.99 Å². The zero-order valence-corrected chi connectivity index (χ0v) is 7.38. The van der Waals surface area contributed by atoms with Gasteiger partial charge in [0, 0.05) is 17.8 Å². The fourth-order valence-corrected chi connectivity index (χ4v) is 0.906. The van der Waals surface area contributed by atoms with Gasteiger partial charge in [-0.15, -0.1) is 0 Å². The van der Waals surface area contributed by atoms with E-state index in [0.29, 0.717) is 0 Å². The normalized spacial score (nSPS) is 10.9. The number of phenols is 3. The standard InChI is InChI=1S/C9H11NO4/c11-2-1-10-5-6-3-8(13)9(14)4-7(6)12/h3-5,11-14H,1-2H2/b10-5+. The third kappa shape index (κ3) is 2.37. The van der Waals surface area contributed by atoms with Crippen LogP contribution in [0.1, 0.15) is 5.56 Å².